The first-order valence-electron chi connectivity index (χ1n) is 7.87. The van der Waals surface area contributed by atoms with Crippen molar-refractivity contribution in [2.75, 3.05) is 25.5 Å². The number of hydrogen-bond donors (Lipinski definition) is 1. The predicted octanol–water partition coefficient (Wildman–Crippen LogP) is 3.45. The highest BCUT2D eigenvalue weighted by Crippen LogP contribution is 2.37. The summed E-state index contributed by atoms with van der Waals surface area (Å²) >= 11 is 1.69. The van der Waals surface area contributed by atoms with Gasteiger partial charge in [0.2, 0.25) is 0 Å². The summed E-state index contributed by atoms with van der Waals surface area (Å²) in [6, 6.07) is 12.2. The van der Waals surface area contributed by atoms with Gasteiger partial charge < -0.3 is 10.0 Å². The molecule has 1 aromatic heterocycles. The van der Waals surface area contributed by atoms with Gasteiger partial charge in [0.1, 0.15) is 6.04 Å². The van der Waals surface area contributed by atoms with Crippen LogP contribution >= 0.6 is 11.3 Å². The number of hydrogen-bond acceptors (Lipinski definition) is 4. The fourth-order valence-corrected chi connectivity index (χ4v) is 4.16. The SMILES string of the molecule is CN(C)c1ccc(C(c2cccs2)N2CCCC2C(=O)O)cc1. The number of likely N-dealkylation sites (tertiary alicyclic amines) is 1. The lowest BCUT2D eigenvalue weighted by atomic mass is 10.0. The quantitative estimate of drug-likeness (QED) is 0.912. The number of anilines is 1. The van der Waals surface area contributed by atoms with Crippen molar-refractivity contribution in [3.05, 3.63) is 52.2 Å². The molecule has 0 radical (unpaired) electrons. The lowest BCUT2D eigenvalue weighted by Crippen LogP contribution is -2.39. The Morgan fingerprint density at radius 2 is 2.04 bits per heavy atom. The van der Waals surface area contributed by atoms with E-state index in [-0.39, 0.29) is 6.04 Å². The Morgan fingerprint density at radius 1 is 1.30 bits per heavy atom. The Morgan fingerprint density at radius 3 is 2.61 bits per heavy atom. The number of carboxylic acid groups (broad SMARTS) is 1. The summed E-state index contributed by atoms with van der Waals surface area (Å²) in [7, 11) is 4.04. The number of carboxylic acids is 1. The van der Waals surface area contributed by atoms with Gasteiger partial charge in [-0.15, -0.1) is 11.3 Å². The summed E-state index contributed by atoms with van der Waals surface area (Å²) in [5.74, 6) is -0.714. The molecule has 2 heterocycles. The van der Waals surface area contributed by atoms with E-state index in [2.05, 4.69) is 45.5 Å². The average Bonchev–Trinajstić information content (AvgIpc) is 3.20. The molecule has 1 N–H and O–H groups in total. The third-order valence-electron chi connectivity index (χ3n) is 4.45. The Kier molecular flexibility index (Phi) is 4.68. The normalized spacial score (nSPS) is 19.7. The zero-order chi connectivity index (χ0) is 16.4. The summed E-state index contributed by atoms with van der Waals surface area (Å²) in [6.07, 6.45) is 1.67. The molecule has 1 fully saturated rings. The highest BCUT2D eigenvalue weighted by Gasteiger charge is 2.37. The van der Waals surface area contributed by atoms with Crippen molar-refractivity contribution >= 4 is 23.0 Å². The molecular formula is C18H22N2O2S. The van der Waals surface area contributed by atoms with Crippen molar-refractivity contribution in [2.24, 2.45) is 0 Å². The molecule has 23 heavy (non-hydrogen) atoms. The van der Waals surface area contributed by atoms with Gasteiger partial charge in [-0.3, -0.25) is 9.69 Å². The first-order chi connectivity index (χ1) is 11.1. The van der Waals surface area contributed by atoms with Crippen LogP contribution in [0.25, 0.3) is 0 Å². The van der Waals surface area contributed by atoms with Gasteiger partial charge in [-0.1, -0.05) is 18.2 Å². The Balaban J connectivity index is 1.98. The summed E-state index contributed by atoms with van der Waals surface area (Å²) < 4.78 is 0. The minimum atomic E-state index is -0.714. The second-order valence-electron chi connectivity index (χ2n) is 6.14. The van der Waals surface area contributed by atoms with Crippen molar-refractivity contribution in [3.63, 3.8) is 0 Å². The number of thiophene rings is 1. The second kappa shape index (κ2) is 6.72. The zero-order valence-electron chi connectivity index (χ0n) is 13.5. The smallest absolute Gasteiger partial charge is 0.320 e. The topological polar surface area (TPSA) is 43.8 Å². The van der Waals surface area contributed by atoms with Crippen LogP contribution < -0.4 is 4.90 Å². The molecule has 2 aromatic rings. The van der Waals surface area contributed by atoms with E-state index >= 15 is 0 Å². The number of benzene rings is 1. The van der Waals surface area contributed by atoms with Crippen molar-refractivity contribution in [3.8, 4) is 0 Å². The minimum Gasteiger partial charge on any atom is -0.480 e. The van der Waals surface area contributed by atoms with Gasteiger partial charge >= 0.3 is 5.97 Å². The van der Waals surface area contributed by atoms with Crippen LogP contribution in [0.1, 0.15) is 29.3 Å². The number of aliphatic carboxylic acids is 1. The molecule has 1 aliphatic rings. The molecule has 122 valence electrons. The van der Waals surface area contributed by atoms with Crippen LogP contribution in [-0.4, -0.2) is 42.7 Å². The van der Waals surface area contributed by atoms with Gasteiger partial charge in [0.25, 0.3) is 0 Å². The van der Waals surface area contributed by atoms with Gasteiger partial charge in [0.05, 0.1) is 6.04 Å². The molecule has 1 aliphatic heterocycles. The van der Waals surface area contributed by atoms with Crippen LogP contribution in [-0.2, 0) is 4.79 Å². The highest BCUT2D eigenvalue weighted by atomic mass is 32.1. The van der Waals surface area contributed by atoms with E-state index in [9.17, 15) is 9.90 Å². The molecule has 2 unspecified atom stereocenters. The van der Waals surface area contributed by atoms with Crippen LogP contribution in [0.15, 0.2) is 41.8 Å². The average molecular weight is 330 g/mol. The van der Waals surface area contributed by atoms with Crippen LogP contribution in [0.2, 0.25) is 0 Å². The number of nitrogens with zero attached hydrogens (tertiary/aromatic N) is 2. The predicted molar refractivity (Wildman–Crippen MR) is 94.3 cm³/mol. The second-order valence-corrected chi connectivity index (χ2v) is 7.12. The van der Waals surface area contributed by atoms with E-state index in [1.807, 2.05) is 20.2 Å². The van der Waals surface area contributed by atoms with Crippen LogP contribution in [0.3, 0.4) is 0 Å². The highest BCUT2D eigenvalue weighted by molar-refractivity contribution is 7.10. The minimum absolute atomic E-state index is 0.0230. The zero-order valence-corrected chi connectivity index (χ0v) is 14.3. The van der Waals surface area contributed by atoms with E-state index < -0.39 is 12.0 Å². The maximum atomic E-state index is 11.6. The van der Waals surface area contributed by atoms with E-state index in [1.165, 1.54) is 4.88 Å². The van der Waals surface area contributed by atoms with E-state index in [0.29, 0.717) is 0 Å². The van der Waals surface area contributed by atoms with E-state index in [1.54, 1.807) is 11.3 Å². The van der Waals surface area contributed by atoms with Crippen molar-refractivity contribution < 1.29 is 9.90 Å². The summed E-state index contributed by atoms with van der Waals surface area (Å²) in [6.45, 7) is 0.828. The molecule has 3 rings (SSSR count). The molecule has 0 bridgehead atoms. The van der Waals surface area contributed by atoms with Gasteiger partial charge in [-0.2, -0.15) is 0 Å². The summed E-state index contributed by atoms with van der Waals surface area (Å²) in [5, 5.41) is 11.6. The van der Waals surface area contributed by atoms with Crippen LogP contribution in [0.4, 0.5) is 5.69 Å². The van der Waals surface area contributed by atoms with Gasteiger partial charge in [-0.05, 0) is 42.0 Å². The third kappa shape index (κ3) is 3.26. The maximum absolute atomic E-state index is 11.6. The molecule has 1 saturated heterocycles. The van der Waals surface area contributed by atoms with Crippen LogP contribution in [0, 0.1) is 0 Å². The molecule has 5 heteroatoms. The molecule has 0 amide bonds. The Hall–Kier alpha value is -1.85. The van der Waals surface area contributed by atoms with Crippen molar-refractivity contribution in [1.29, 1.82) is 0 Å². The van der Waals surface area contributed by atoms with Gasteiger partial charge in [0, 0.05) is 31.2 Å². The molecule has 0 aliphatic carbocycles. The molecular weight excluding hydrogens is 308 g/mol. The summed E-state index contributed by atoms with van der Waals surface area (Å²) in [5.41, 5.74) is 2.31. The van der Waals surface area contributed by atoms with E-state index in [0.717, 1.165) is 30.6 Å². The molecule has 1 aromatic carbocycles. The number of carbonyl (C=O) groups is 1. The number of rotatable bonds is 5. The standard InChI is InChI=1S/C18H22N2O2S/c1-19(2)14-9-7-13(8-10-14)17(16-6-4-12-23-16)20-11-3-5-15(20)18(21)22/h4,6-10,12,15,17H,3,5,11H2,1-2H3,(H,21,22). The molecule has 4 nitrogen and oxygen atoms in total. The van der Waals surface area contributed by atoms with Crippen molar-refractivity contribution in [2.45, 2.75) is 24.9 Å². The molecule has 2 atom stereocenters. The van der Waals surface area contributed by atoms with Crippen molar-refractivity contribution in [1.82, 2.24) is 4.90 Å². The lowest BCUT2D eigenvalue weighted by Gasteiger charge is -2.31. The first-order valence-corrected chi connectivity index (χ1v) is 8.75. The molecule has 0 spiro atoms. The van der Waals surface area contributed by atoms with Gasteiger partial charge in [-0.25, -0.2) is 0 Å². The largest absolute Gasteiger partial charge is 0.480 e. The third-order valence-corrected chi connectivity index (χ3v) is 5.37. The Labute approximate surface area is 141 Å². The maximum Gasteiger partial charge on any atom is 0.320 e. The van der Waals surface area contributed by atoms with Gasteiger partial charge in [0.15, 0.2) is 0 Å². The summed E-state index contributed by atoms with van der Waals surface area (Å²) in [4.78, 5) is 17.0. The monoisotopic (exact) mass is 330 g/mol. The lowest BCUT2D eigenvalue weighted by molar-refractivity contribution is -0.142. The van der Waals surface area contributed by atoms with Crippen LogP contribution in [0.5, 0.6) is 0 Å². The fourth-order valence-electron chi connectivity index (χ4n) is 3.28. The van der Waals surface area contributed by atoms with E-state index in [4.69, 9.17) is 0 Å². The Bertz CT molecular complexity index is 652. The molecule has 0 saturated carbocycles. The first kappa shape index (κ1) is 16.0. The fraction of sp³-hybridized carbons (Fsp3) is 0.389.